The zero-order chi connectivity index (χ0) is 19.9. The summed E-state index contributed by atoms with van der Waals surface area (Å²) in [6.45, 7) is 6.07. The molecule has 0 radical (unpaired) electrons. The second-order valence-electron chi connectivity index (χ2n) is 7.80. The standard InChI is InChI=1S/C24H30N4O.HI/c29-23(13-7-12-21-8-3-1-4-9-21)26-16-18-27(19-17-26)24-25-14-15-28(24)20-22-10-5-2-6-11-22;/h1-6,8-11H,7,12-20H2;1H. The van der Waals surface area contributed by atoms with Crippen molar-refractivity contribution in [2.75, 3.05) is 39.3 Å². The van der Waals surface area contributed by atoms with E-state index in [4.69, 9.17) is 4.99 Å². The number of aliphatic imine (C=N–C) groups is 1. The molecule has 0 spiro atoms. The summed E-state index contributed by atoms with van der Waals surface area (Å²) in [5, 5.41) is 0. The highest BCUT2D eigenvalue weighted by Gasteiger charge is 2.27. The van der Waals surface area contributed by atoms with E-state index in [-0.39, 0.29) is 29.9 Å². The van der Waals surface area contributed by atoms with E-state index in [0.29, 0.717) is 6.42 Å². The highest BCUT2D eigenvalue weighted by atomic mass is 127. The van der Waals surface area contributed by atoms with E-state index in [1.54, 1.807) is 0 Å². The smallest absolute Gasteiger partial charge is 0.222 e. The largest absolute Gasteiger partial charge is 0.339 e. The van der Waals surface area contributed by atoms with Gasteiger partial charge in [0.1, 0.15) is 0 Å². The maximum Gasteiger partial charge on any atom is 0.222 e. The Labute approximate surface area is 196 Å². The van der Waals surface area contributed by atoms with Gasteiger partial charge in [-0.1, -0.05) is 60.7 Å². The number of piperazine rings is 1. The third-order valence-electron chi connectivity index (χ3n) is 5.74. The van der Waals surface area contributed by atoms with Crippen molar-refractivity contribution in [3.8, 4) is 0 Å². The van der Waals surface area contributed by atoms with Crippen molar-refractivity contribution in [2.24, 2.45) is 4.99 Å². The molecule has 0 aliphatic carbocycles. The zero-order valence-corrected chi connectivity index (χ0v) is 19.8. The highest BCUT2D eigenvalue weighted by Crippen LogP contribution is 2.15. The van der Waals surface area contributed by atoms with Crippen LogP contribution in [-0.4, -0.2) is 65.8 Å². The van der Waals surface area contributed by atoms with Crippen molar-refractivity contribution >= 4 is 35.8 Å². The van der Waals surface area contributed by atoms with Crippen LogP contribution in [0.1, 0.15) is 24.0 Å². The Morgan fingerprint density at radius 3 is 2.13 bits per heavy atom. The number of amides is 1. The summed E-state index contributed by atoms with van der Waals surface area (Å²) in [5.41, 5.74) is 2.62. The lowest BCUT2D eigenvalue weighted by Crippen LogP contribution is -2.53. The number of hydrogen-bond donors (Lipinski definition) is 0. The van der Waals surface area contributed by atoms with Gasteiger partial charge in [-0.3, -0.25) is 9.79 Å². The Bertz CT molecular complexity index is 820. The summed E-state index contributed by atoms with van der Waals surface area (Å²) in [6.07, 6.45) is 2.52. The third kappa shape index (κ3) is 5.97. The van der Waals surface area contributed by atoms with Crippen LogP contribution in [0.5, 0.6) is 0 Å². The number of nitrogens with zero attached hydrogens (tertiary/aromatic N) is 4. The lowest BCUT2D eigenvalue weighted by atomic mass is 10.1. The van der Waals surface area contributed by atoms with Gasteiger partial charge in [-0.15, -0.1) is 24.0 Å². The van der Waals surface area contributed by atoms with Crippen LogP contribution in [0.2, 0.25) is 0 Å². The fourth-order valence-corrected chi connectivity index (χ4v) is 4.13. The molecule has 2 aromatic carbocycles. The molecule has 1 saturated heterocycles. The summed E-state index contributed by atoms with van der Waals surface area (Å²) in [7, 11) is 0. The van der Waals surface area contributed by atoms with Crippen molar-refractivity contribution in [3.63, 3.8) is 0 Å². The molecule has 1 amide bonds. The van der Waals surface area contributed by atoms with Gasteiger partial charge in [0.2, 0.25) is 5.91 Å². The SMILES string of the molecule is I.O=C(CCCc1ccccc1)N1CCN(C2=NCCN2Cc2ccccc2)CC1. The highest BCUT2D eigenvalue weighted by molar-refractivity contribution is 14.0. The topological polar surface area (TPSA) is 39.2 Å². The number of carbonyl (C=O) groups is 1. The van der Waals surface area contributed by atoms with Crippen molar-refractivity contribution in [2.45, 2.75) is 25.8 Å². The second kappa shape index (κ2) is 11.3. The van der Waals surface area contributed by atoms with Crippen LogP contribution in [0, 0.1) is 0 Å². The lowest BCUT2D eigenvalue weighted by molar-refractivity contribution is -0.132. The molecule has 0 atom stereocenters. The van der Waals surface area contributed by atoms with E-state index in [1.807, 2.05) is 11.0 Å². The minimum atomic E-state index is 0. The Morgan fingerprint density at radius 1 is 0.833 bits per heavy atom. The van der Waals surface area contributed by atoms with Gasteiger partial charge in [-0.25, -0.2) is 0 Å². The average Bonchev–Trinajstić information content (AvgIpc) is 3.23. The van der Waals surface area contributed by atoms with Crippen LogP contribution in [0.3, 0.4) is 0 Å². The third-order valence-corrected chi connectivity index (χ3v) is 5.74. The van der Waals surface area contributed by atoms with Crippen LogP contribution < -0.4 is 0 Å². The van der Waals surface area contributed by atoms with Gasteiger partial charge in [-0.2, -0.15) is 0 Å². The molecule has 2 heterocycles. The molecule has 1 fully saturated rings. The number of benzene rings is 2. The minimum absolute atomic E-state index is 0. The second-order valence-corrected chi connectivity index (χ2v) is 7.80. The molecular formula is C24H31IN4O. The number of aryl methyl sites for hydroxylation is 1. The number of carbonyl (C=O) groups excluding carboxylic acids is 1. The molecule has 2 aliphatic heterocycles. The summed E-state index contributed by atoms with van der Waals surface area (Å²) in [6, 6.07) is 21.0. The first-order valence-electron chi connectivity index (χ1n) is 10.7. The molecule has 160 valence electrons. The first kappa shape index (κ1) is 22.6. The maximum absolute atomic E-state index is 12.6. The Hall–Kier alpha value is -2.09. The summed E-state index contributed by atoms with van der Waals surface area (Å²) >= 11 is 0. The Balaban J connectivity index is 0.00000256. The molecule has 4 rings (SSSR count). The van der Waals surface area contributed by atoms with Gasteiger partial charge in [0.05, 0.1) is 6.54 Å². The van der Waals surface area contributed by atoms with Gasteiger partial charge in [0.15, 0.2) is 5.96 Å². The summed E-state index contributed by atoms with van der Waals surface area (Å²) in [4.78, 5) is 24.1. The monoisotopic (exact) mass is 518 g/mol. The van der Waals surface area contributed by atoms with Gasteiger partial charge < -0.3 is 14.7 Å². The molecule has 30 heavy (non-hydrogen) atoms. The molecule has 6 heteroatoms. The van der Waals surface area contributed by atoms with Crippen molar-refractivity contribution in [3.05, 3.63) is 71.8 Å². The van der Waals surface area contributed by atoms with Crippen molar-refractivity contribution in [1.29, 1.82) is 0 Å². The van der Waals surface area contributed by atoms with Crippen LogP contribution in [0.15, 0.2) is 65.7 Å². The van der Waals surface area contributed by atoms with Crippen molar-refractivity contribution in [1.82, 2.24) is 14.7 Å². The van der Waals surface area contributed by atoms with E-state index in [1.165, 1.54) is 11.1 Å². The van der Waals surface area contributed by atoms with Gasteiger partial charge in [0.25, 0.3) is 0 Å². The number of guanidine groups is 1. The quantitative estimate of drug-likeness (QED) is 0.549. The van der Waals surface area contributed by atoms with E-state index in [2.05, 4.69) is 64.4 Å². The summed E-state index contributed by atoms with van der Waals surface area (Å²) < 4.78 is 0. The number of hydrogen-bond acceptors (Lipinski definition) is 4. The minimum Gasteiger partial charge on any atom is -0.339 e. The van der Waals surface area contributed by atoms with Crippen LogP contribution >= 0.6 is 24.0 Å². The molecule has 0 N–H and O–H groups in total. The van der Waals surface area contributed by atoms with E-state index < -0.39 is 0 Å². The molecule has 2 aromatic rings. The van der Waals surface area contributed by atoms with Gasteiger partial charge in [0, 0.05) is 45.7 Å². The molecule has 2 aliphatic rings. The van der Waals surface area contributed by atoms with Gasteiger partial charge >= 0.3 is 0 Å². The number of halogens is 1. The molecule has 5 nitrogen and oxygen atoms in total. The van der Waals surface area contributed by atoms with E-state index >= 15 is 0 Å². The predicted molar refractivity (Wildman–Crippen MR) is 132 cm³/mol. The summed E-state index contributed by atoms with van der Waals surface area (Å²) in [5.74, 6) is 1.39. The normalized spacial score (nSPS) is 16.3. The van der Waals surface area contributed by atoms with Crippen LogP contribution in [-0.2, 0) is 17.8 Å². The first-order valence-corrected chi connectivity index (χ1v) is 10.7. The van der Waals surface area contributed by atoms with Gasteiger partial charge in [-0.05, 0) is 24.0 Å². The molecule has 0 saturated carbocycles. The number of rotatable bonds is 6. The van der Waals surface area contributed by atoms with E-state index in [9.17, 15) is 4.79 Å². The molecular weight excluding hydrogens is 487 g/mol. The molecule has 0 aromatic heterocycles. The molecule has 0 unspecified atom stereocenters. The first-order chi connectivity index (χ1) is 14.3. The lowest BCUT2D eigenvalue weighted by Gasteiger charge is -2.38. The Kier molecular flexibility index (Phi) is 8.54. The van der Waals surface area contributed by atoms with Crippen molar-refractivity contribution < 1.29 is 4.79 Å². The zero-order valence-electron chi connectivity index (χ0n) is 17.4. The average molecular weight is 518 g/mol. The maximum atomic E-state index is 12.6. The van der Waals surface area contributed by atoms with Crippen LogP contribution in [0.4, 0.5) is 0 Å². The Morgan fingerprint density at radius 2 is 1.47 bits per heavy atom. The predicted octanol–water partition coefficient (Wildman–Crippen LogP) is 3.64. The van der Waals surface area contributed by atoms with Crippen LogP contribution in [0.25, 0.3) is 0 Å². The fraction of sp³-hybridized carbons (Fsp3) is 0.417. The fourth-order valence-electron chi connectivity index (χ4n) is 4.13. The van der Waals surface area contributed by atoms with E-state index in [0.717, 1.165) is 64.6 Å². The molecule has 0 bridgehead atoms.